The Balaban J connectivity index is 1.60. The minimum absolute atomic E-state index is 0.0603. The Kier molecular flexibility index (Phi) is 9.05. The van der Waals surface area contributed by atoms with Gasteiger partial charge in [-0.05, 0) is 50.5 Å². The number of ether oxygens (including phenoxy) is 2. The molecule has 1 aromatic carbocycles. The molecule has 1 spiro atoms. The lowest BCUT2D eigenvalue weighted by atomic mass is 9.74. The summed E-state index contributed by atoms with van der Waals surface area (Å²) in [7, 11) is 0. The number of fused-ring (bicyclic) bond motifs is 2. The zero-order valence-corrected chi connectivity index (χ0v) is 26.2. The van der Waals surface area contributed by atoms with E-state index in [1.54, 1.807) is 9.80 Å². The molecule has 0 aromatic heterocycles. The van der Waals surface area contributed by atoms with Crippen LogP contribution in [0.15, 0.2) is 48.6 Å². The molecule has 0 saturated carbocycles. The SMILES string of the molecule is CCCCCN1CC=C[C@]23O[C@@]4(C)C=CCN(c5ccc(OCC)cc5)C(=O)[C@H]4[C@H]2C(=O)N([C@@H](CO)[C@@H](C)CC)C3C1=O. The average Bonchev–Trinajstić information content (AvgIpc) is 3.27. The van der Waals surface area contributed by atoms with Crippen molar-refractivity contribution in [1.29, 1.82) is 0 Å². The van der Waals surface area contributed by atoms with E-state index in [9.17, 15) is 19.5 Å². The highest BCUT2D eigenvalue weighted by Crippen LogP contribution is 2.58. The molecule has 9 heteroatoms. The highest BCUT2D eigenvalue weighted by molar-refractivity contribution is 6.04. The van der Waals surface area contributed by atoms with Crippen molar-refractivity contribution >= 4 is 23.4 Å². The van der Waals surface area contributed by atoms with Crippen LogP contribution in [-0.4, -0.2) is 88.8 Å². The summed E-state index contributed by atoms with van der Waals surface area (Å²) in [4.78, 5) is 48.9. The summed E-state index contributed by atoms with van der Waals surface area (Å²) in [6.45, 7) is 11.5. The summed E-state index contributed by atoms with van der Waals surface area (Å²) < 4.78 is 12.6. The summed E-state index contributed by atoms with van der Waals surface area (Å²) in [5.41, 5.74) is -1.74. The molecule has 2 fully saturated rings. The van der Waals surface area contributed by atoms with Gasteiger partial charge in [-0.15, -0.1) is 0 Å². The topological polar surface area (TPSA) is 99.6 Å². The maximum Gasteiger partial charge on any atom is 0.249 e. The van der Waals surface area contributed by atoms with Gasteiger partial charge in [0, 0.05) is 25.3 Å². The van der Waals surface area contributed by atoms with Crippen molar-refractivity contribution in [1.82, 2.24) is 9.80 Å². The van der Waals surface area contributed by atoms with Gasteiger partial charge in [-0.1, -0.05) is 64.3 Å². The van der Waals surface area contributed by atoms with Crippen LogP contribution in [0, 0.1) is 17.8 Å². The van der Waals surface area contributed by atoms with Gasteiger partial charge in [-0.25, -0.2) is 0 Å². The molecule has 3 amide bonds. The molecular formula is C34H47N3O6. The van der Waals surface area contributed by atoms with Crippen LogP contribution in [0.1, 0.15) is 60.3 Å². The molecule has 1 aromatic rings. The minimum Gasteiger partial charge on any atom is -0.494 e. The van der Waals surface area contributed by atoms with Crippen molar-refractivity contribution in [2.75, 3.05) is 37.7 Å². The number of amides is 3. The van der Waals surface area contributed by atoms with E-state index in [1.807, 2.05) is 81.2 Å². The summed E-state index contributed by atoms with van der Waals surface area (Å²) in [6, 6.07) is 5.83. The third-order valence-corrected chi connectivity index (χ3v) is 9.91. The van der Waals surface area contributed by atoms with Gasteiger partial charge < -0.3 is 29.3 Å². The van der Waals surface area contributed by atoms with Crippen molar-refractivity contribution in [3.8, 4) is 5.75 Å². The smallest absolute Gasteiger partial charge is 0.249 e. The molecule has 0 aliphatic carbocycles. The van der Waals surface area contributed by atoms with E-state index in [2.05, 4.69) is 6.92 Å². The van der Waals surface area contributed by atoms with E-state index in [-0.39, 0.29) is 30.2 Å². The number of rotatable bonds is 11. The third kappa shape index (κ3) is 5.18. The van der Waals surface area contributed by atoms with Crippen LogP contribution in [0.4, 0.5) is 5.69 Å². The van der Waals surface area contributed by atoms with Crippen molar-refractivity contribution in [2.24, 2.45) is 17.8 Å². The lowest BCUT2D eigenvalue weighted by molar-refractivity contribution is -0.155. The standard InChI is InChI=1S/C34H47N3O6/c1-6-9-10-19-35-20-12-18-34-28(31(40)37(29(34)32(35)41)26(22-38)23(4)7-2)27-30(39)36(21-11-17-33(27,5)43-34)24-13-15-25(16-14-24)42-8-3/h11-18,23,26-29,38H,6-10,19-22H2,1-5H3/t23-,26-,27+,28-,29?,33-,34-/m0/s1. The first-order valence-corrected chi connectivity index (χ1v) is 16.0. The maximum atomic E-state index is 14.7. The maximum absolute atomic E-state index is 14.7. The summed E-state index contributed by atoms with van der Waals surface area (Å²) in [5.74, 6) is -1.83. The Morgan fingerprint density at radius 2 is 1.70 bits per heavy atom. The highest BCUT2D eigenvalue weighted by Gasteiger charge is 2.75. The number of hydrogen-bond acceptors (Lipinski definition) is 6. The first kappa shape index (κ1) is 31.3. The minimum atomic E-state index is -1.34. The zero-order chi connectivity index (χ0) is 30.9. The van der Waals surface area contributed by atoms with Crippen molar-refractivity contribution < 1.29 is 29.0 Å². The van der Waals surface area contributed by atoms with Crippen molar-refractivity contribution in [2.45, 2.75) is 83.6 Å². The van der Waals surface area contributed by atoms with Crippen LogP contribution < -0.4 is 9.64 Å². The van der Waals surface area contributed by atoms with E-state index in [1.165, 1.54) is 0 Å². The normalized spacial score (nSPS) is 31.4. The number of anilines is 1. The molecule has 0 bridgehead atoms. The fourth-order valence-electron chi connectivity index (χ4n) is 7.55. The molecule has 1 unspecified atom stereocenters. The Bertz CT molecular complexity index is 1260. The number of aliphatic hydroxyl groups is 1. The number of benzene rings is 1. The lowest BCUT2D eigenvalue weighted by Gasteiger charge is -2.41. The third-order valence-electron chi connectivity index (χ3n) is 9.91. The van der Waals surface area contributed by atoms with E-state index in [0.29, 0.717) is 37.7 Å². The lowest BCUT2D eigenvalue weighted by Crippen LogP contribution is -2.59. The Morgan fingerprint density at radius 3 is 2.35 bits per heavy atom. The second kappa shape index (κ2) is 12.4. The molecule has 0 radical (unpaired) electrons. The van der Waals surface area contributed by atoms with Gasteiger partial charge >= 0.3 is 0 Å². The zero-order valence-electron chi connectivity index (χ0n) is 26.2. The number of carbonyl (C=O) groups is 3. The van der Waals surface area contributed by atoms with Crippen molar-refractivity contribution in [3.63, 3.8) is 0 Å². The summed E-state index contributed by atoms with van der Waals surface area (Å²) >= 11 is 0. The van der Waals surface area contributed by atoms with Crippen LogP contribution in [-0.2, 0) is 19.1 Å². The van der Waals surface area contributed by atoms with Gasteiger partial charge in [0.05, 0.1) is 36.7 Å². The average molecular weight is 594 g/mol. The fraction of sp³-hybridized carbons (Fsp3) is 0.618. The van der Waals surface area contributed by atoms with Gasteiger partial charge in [0.25, 0.3) is 0 Å². The summed E-state index contributed by atoms with van der Waals surface area (Å²) in [5, 5.41) is 10.6. The fourth-order valence-corrected chi connectivity index (χ4v) is 7.55. The second-order valence-corrected chi connectivity index (χ2v) is 12.6. The molecule has 4 heterocycles. The Labute approximate surface area is 255 Å². The van der Waals surface area contributed by atoms with Crippen LogP contribution in [0.3, 0.4) is 0 Å². The second-order valence-electron chi connectivity index (χ2n) is 12.6. The van der Waals surface area contributed by atoms with Gasteiger partial charge in [-0.3, -0.25) is 14.4 Å². The molecular weight excluding hydrogens is 546 g/mol. The number of likely N-dealkylation sites (tertiary alicyclic amines) is 1. The van der Waals surface area contributed by atoms with Crippen LogP contribution in [0.2, 0.25) is 0 Å². The van der Waals surface area contributed by atoms with E-state index in [4.69, 9.17) is 9.47 Å². The van der Waals surface area contributed by atoms with Crippen LogP contribution in [0.25, 0.3) is 0 Å². The van der Waals surface area contributed by atoms with Gasteiger partial charge in [0.1, 0.15) is 17.4 Å². The molecule has 1 N–H and O–H groups in total. The molecule has 5 rings (SSSR count). The molecule has 4 aliphatic rings. The van der Waals surface area contributed by atoms with E-state index < -0.39 is 35.1 Å². The van der Waals surface area contributed by atoms with Gasteiger partial charge in [-0.2, -0.15) is 0 Å². The van der Waals surface area contributed by atoms with Crippen molar-refractivity contribution in [3.05, 3.63) is 48.6 Å². The summed E-state index contributed by atoms with van der Waals surface area (Å²) in [6.07, 6.45) is 11.2. The quantitative estimate of drug-likeness (QED) is 0.308. The van der Waals surface area contributed by atoms with E-state index in [0.717, 1.165) is 25.7 Å². The van der Waals surface area contributed by atoms with Gasteiger partial charge in [0.2, 0.25) is 17.7 Å². The van der Waals surface area contributed by atoms with Gasteiger partial charge in [0.15, 0.2) is 0 Å². The first-order valence-electron chi connectivity index (χ1n) is 16.0. The van der Waals surface area contributed by atoms with Crippen LogP contribution in [0.5, 0.6) is 5.75 Å². The molecule has 2 saturated heterocycles. The largest absolute Gasteiger partial charge is 0.494 e. The first-order chi connectivity index (χ1) is 20.7. The number of aliphatic hydroxyl groups excluding tert-OH is 1. The highest BCUT2D eigenvalue weighted by atomic mass is 16.5. The molecule has 7 atom stereocenters. The van der Waals surface area contributed by atoms with E-state index >= 15 is 0 Å². The number of nitrogens with zero attached hydrogens (tertiary/aromatic N) is 3. The predicted octanol–water partition coefficient (Wildman–Crippen LogP) is 3.95. The monoisotopic (exact) mass is 593 g/mol. The molecule has 43 heavy (non-hydrogen) atoms. The predicted molar refractivity (Wildman–Crippen MR) is 165 cm³/mol. The Morgan fingerprint density at radius 1 is 0.977 bits per heavy atom. The Hall–Kier alpha value is -3.17. The van der Waals surface area contributed by atoms with Crippen LogP contribution >= 0.6 is 0 Å². The molecule has 9 nitrogen and oxygen atoms in total. The number of hydrogen-bond donors (Lipinski definition) is 1. The number of carbonyl (C=O) groups excluding carboxylic acids is 3. The molecule has 234 valence electrons. The molecule has 4 aliphatic heterocycles. The number of unbranched alkanes of at least 4 members (excludes halogenated alkanes) is 2.